The molecule has 1 aromatic carbocycles. The van der Waals surface area contributed by atoms with Gasteiger partial charge in [-0.3, -0.25) is 14.8 Å². The lowest BCUT2D eigenvalue weighted by molar-refractivity contribution is 0.122. The van der Waals surface area contributed by atoms with Gasteiger partial charge in [0.05, 0.1) is 56.5 Å². The highest BCUT2D eigenvalue weighted by Gasteiger charge is 2.41. The average molecular weight is 442 g/mol. The highest BCUT2D eigenvalue weighted by atomic mass is 35.5. The number of benzene rings is 1. The number of anilines is 2. The summed E-state index contributed by atoms with van der Waals surface area (Å²) >= 11 is 6.05. The smallest absolute Gasteiger partial charge is 0.330 e. The Bertz CT molecular complexity index is 1010. The van der Waals surface area contributed by atoms with Crippen molar-refractivity contribution in [1.82, 2.24) is 9.88 Å². The standard InChI is InChI=1S/C22H24ClN5O3/c1-30-14-17-13-28-21(25-17)20-19(10-18(11-24-20)26-6-8-31-9-7-26)27(22(28)29)12-15-2-4-16(23)5-3-15/h2-5,10-11,17H,6-9,12-14H2,1H3. The molecule has 0 bridgehead atoms. The number of amides is 2. The number of fused-ring (bicyclic) bond motifs is 3. The topological polar surface area (TPSA) is 70.5 Å². The number of methoxy groups -OCH3 is 1. The zero-order chi connectivity index (χ0) is 21.4. The summed E-state index contributed by atoms with van der Waals surface area (Å²) in [6, 6.07) is 9.42. The third-order valence-electron chi connectivity index (χ3n) is 5.76. The van der Waals surface area contributed by atoms with Gasteiger partial charge in [-0.2, -0.15) is 0 Å². The van der Waals surface area contributed by atoms with E-state index in [9.17, 15) is 4.79 Å². The quantitative estimate of drug-likeness (QED) is 0.713. The first-order valence-corrected chi connectivity index (χ1v) is 10.7. The molecule has 1 aromatic heterocycles. The first-order valence-electron chi connectivity index (χ1n) is 10.4. The number of amidine groups is 1. The highest BCUT2D eigenvalue weighted by molar-refractivity contribution is 6.30. The number of hydrogen-bond donors (Lipinski definition) is 0. The van der Waals surface area contributed by atoms with Crippen LogP contribution in [0.4, 0.5) is 16.2 Å². The van der Waals surface area contributed by atoms with Gasteiger partial charge in [-0.05, 0) is 23.8 Å². The van der Waals surface area contributed by atoms with E-state index in [0.717, 1.165) is 35.7 Å². The molecule has 162 valence electrons. The van der Waals surface area contributed by atoms with Crippen LogP contribution in [0.3, 0.4) is 0 Å². The van der Waals surface area contributed by atoms with Crippen LogP contribution < -0.4 is 9.80 Å². The maximum Gasteiger partial charge on any atom is 0.330 e. The minimum absolute atomic E-state index is 0.0898. The molecule has 3 aliphatic rings. The molecular formula is C22H24ClN5O3. The zero-order valence-electron chi connectivity index (χ0n) is 17.3. The van der Waals surface area contributed by atoms with E-state index in [4.69, 9.17) is 31.1 Å². The van der Waals surface area contributed by atoms with Crippen molar-refractivity contribution >= 4 is 34.8 Å². The lowest BCUT2D eigenvalue weighted by atomic mass is 10.1. The van der Waals surface area contributed by atoms with Gasteiger partial charge in [0, 0.05) is 25.2 Å². The molecule has 2 aromatic rings. The Hall–Kier alpha value is -2.68. The maximum absolute atomic E-state index is 13.5. The van der Waals surface area contributed by atoms with E-state index >= 15 is 0 Å². The van der Waals surface area contributed by atoms with E-state index in [-0.39, 0.29) is 12.1 Å². The van der Waals surface area contributed by atoms with Crippen molar-refractivity contribution in [2.75, 3.05) is 56.4 Å². The van der Waals surface area contributed by atoms with Crippen molar-refractivity contribution < 1.29 is 14.3 Å². The molecule has 0 aliphatic carbocycles. The monoisotopic (exact) mass is 441 g/mol. The number of rotatable bonds is 5. The first kappa shape index (κ1) is 20.2. The number of hydrogen-bond acceptors (Lipinski definition) is 6. The van der Waals surface area contributed by atoms with Gasteiger partial charge in [0.15, 0.2) is 5.84 Å². The molecule has 0 radical (unpaired) electrons. The molecule has 3 aliphatic heterocycles. The number of pyridine rings is 1. The summed E-state index contributed by atoms with van der Waals surface area (Å²) in [5, 5.41) is 0.668. The molecule has 1 saturated heterocycles. The SMILES string of the molecule is COCC1CN2C(=O)N(Cc3ccc(Cl)cc3)c3cc(N4CCOCC4)cnc3C2=N1. The Labute approximate surface area is 186 Å². The molecule has 0 spiro atoms. The van der Waals surface area contributed by atoms with Gasteiger partial charge in [0.2, 0.25) is 0 Å². The number of aliphatic imine (C=N–C) groups is 1. The van der Waals surface area contributed by atoms with E-state index in [1.54, 1.807) is 16.9 Å². The largest absolute Gasteiger partial charge is 0.382 e. The van der Waals surface area contributed by atoms with Crippen LogP contribution in [0.2, 0.25) is 5.02 Å². The minimum atomic E-state index is -0.0965. The van der Waals surface area contributed by atoms with Gasteiger partial charge in [0.1, 0.15) is 5.69 Å². The van der Waals surface area contributed by atoms with Gasteiger partial charge in [0.25, 0.3) is 0 Å². The molecule has 1 atom stereocenters. The number of urea groups is 1. The lowest BCUT2D eigenvalue weighted by Gasteiger charge is -2.36. The third kappa shape index (κ3) is 3.86. The summed E-state index contributed by atoms with van der Waals surface area (Å²) in [7, 11) is 1.65. The second kappa shape index (κ2) is 8.45. The Morgan fingerprint density at radius 3 is 2.74 bits per heavy atom. The van der Waals surface area contributed by atoms with Crippen LogP contribution in [0, 0.1) is 0 Å². The Kier molecular flexibility index (Phi) is 5.52. The molecule has 0 saturated carbocycles. The molecule has 31 heavy (non-hydrogen) atoms. The number of halogens is 1. The van der Waals surface area contributed by atoms with Crippen LogP contribution in [0.1, 0.15) is 11.3 Å². The Morgan fingerprint density at radius 2 is 2.00 bits per heavy atom. The fourth-order valence-corrected chi connectivity index (χ4v) is 4.34. The van der Waals surface area contributed by atoms with Crippen molar-refractivity contribution in [3.63, 3.8) is 0 Å². The number of morpholine rings is 1. The summed E-state index contributed by atoms with van der Waals surface area (Å²) in [5.41, 5.74) is 3.48. The van der Waals surface area contributed by atoms with Crippen molar-refractivity contribution in [1.29, 1.82) is 0 Å². The van der Waals surface area contributed by atoms with Crippen molar-refractivity contribution in [2.24, 2.45) is 4.99 Å². The number of aromatic nitrogens is 1. The summed E-state index contributed by atoms with van der Waals surface area (Å²) in [5.74, 6) is 0.628. The van der Waals surface area contributed by atoms with E-state index in [0.29, 0.717) is 43.8 Å². The first-order chi connectivity index (χ1) is 15.1. The summed E-state index contributed by atoms with van der Waals surface area (Å²) < 4.78 is 10.8. The van der Waals surface area contributed by atoms with Gasteiger partial charge in [-0.25, -0.2) is 9.78 Å². The average Bonchev–Trinajstić information content (AvgIpc) is 3.23. The van der Waals surface area contributed by atoms with Crippen LogP contribution >= 0.6 is 11.6 Å². The molecule has 4 heterocycles. The Morgan fingerprint density at radius 1 is 1.23 bits per heavy atom. The predicted molar refractivity (Wildman–Crippen MR) is 119 cm³/mol. The second-order valence-corrected chi connectivity index (χ2v) is 8.26. The van der Waals surface area contributed by atoms with E-state index < -0.39 is 0 Å². The van der Waals surface area contributed by atoms with Crippen LogP contribution in [0.5, 0.6) is 0 Å². The van der Waals surface area contributed by atoms with Gasteiger partial charge in [-0.1, -0.05) is 23.7 Å². The fraction of sp³-hybridized carbons (Fsp3) is 0.409. The summed E-state index contributed by atoms with van der Waals surface area (Å²) in [4.78, 5) is 28.8. The molecule has 1 fully saturated rings. The van der Waals surface area contributed by atoms with E-state index in [1.807, 2.05) is 36.5 Å². The van der Waals surface area contributed by atoms with Gasteiger partial charge in [-0.15, -0.1) is 0 Å². The number of ether oxygens (including phenoxy) is 2. The molecule has 2 amide bonds. The van der Waals surface area contributed by atoms with Gasteiger partial charge >= 0.3 is 6.03 Å². The van der Waals surface area contributed by atoms with Crippen molar-refractivity contribution in [3.05, 3.63) is 52.8 Å². The maximum atomic E-state index is 13.5. The van der Waals surface area contributed by atoms with Crippen LogP contribution in [0.25, 0.3) is 0 Å². The normalized spacial score (nSPS) is 20.6. The van der Waals surface area contributed by atoms with E-state index in [2.05, 4.69) is 4.90 Å². The van der Waals surface area contributed by atoms with Crippen molar-refractivity contribution in [3.8, 4) is 0 Å². The predicted octanol–water partition coefficient (Wildman–Crippen LogP) is 2.79. The van der Waals surface area contributed by atoms with Gasteiger partial charge < -0.3 is 14.4 Å². The molecule has 1 unspecified atom stereocenters. The number of carbonyl (C=O) groups is 1. The fourth-order valence-electron chi connectivity index (χ4n) is 4.21. The van der Waals surface area contributed by atoms with Crippen molar-refractivity contribution in [2.45, 2.75) is 12.6 Å². The Balaban J connectivity index is 1.54. The van der Waals surface area contributed by atoms with Crippen LogP contribution in [-0.2, 0) is 16.0 Å². The zero-order valence-corrected chi connectivity index (χ0v) is 18.1. The minimum Gasteiger partial charge on any atom is -0.382 e. The van der Waals surface area contributed by atoms with Crippen LogP contribution in [-0.4, -0.2) is 74.4 Å². The third-order valence-corrected chi connectivity index (χ3v) is 6.01. The molecular weight excluding hydrogens is 418 g/mol. The molecule has 5 rings (SSSR count). The molecule has 8 nitrogen and oxygen atoms in total. The molecule has 0 N–H and O–H groups in total. The summed E-state index contributed by atoms with van der Waals surface area (Å²) in [6.07, 6.45) is 1.87. The highest BCUT2D eigenvalue weighted by Crippen LogP contribution is 2.35. The van der Waals surface area contributed by atoms with Crippen LogP contribution in [0.15, 0.2) is 41.5 Å². The van der Waals surface area contributed by atoms with E-state index in [1.165, 1.54) is 0 Å². The summed E-state index contributed by atoms with van der Waals surface area (Å²) in [6.45, 7) is 4.35. The number of nitrogens with zero attached hydrogens (tertiary/aromatic N) is 5. The number of carbonyl (C=O) groups excluding carboxylic acids is 1. The second-order valence-electron chi connectivity index (χ2n) is 7.83. The molecule has 9 heteroatoms. The lowest BCUT2D eigenvalue weighted by Crippen LogP contribution is -2.50.